The minimum Gasteiger partial charge on any atom is -0.394 e. The molecule has 0 spiro atoms. The first-order valence-electron chi connectivity index (χ1n) is 6.81. The molecule has 0 aromatic carbocycles. The van der Waals surface area contributed by atoms with Gasteiger partial charge in [0.2, 0.25) is 0 Å². The first kappa shape index (κ1) is 15.9. The van der Waals surface area contributed by atoms with Crippen molar-refractivity contribution in [2.75, 3.05) is 18.1 Å². The van der Waals surface area contributed by atoms with Crippen molar-refractivity contribution in [3.63, 3.8) is 0 Å². The van der Waals surface area contributed by atoms with Crippen molar-refractivity contribution in [1.82, 2.24) is 0 Å². The quantitative estimate of drug-likeness (QED) is 0.766. The van der Waals surface area contributed by atoms with Gasteiger partial charge in [0.1, 0.15) is 0 Å². The van der Waals surface area contributed by atoms with Crippen LogP contribution in [0.4, 0.5) is 0 Å². The van der Waals surface area contributed by atoms with E-state index >= 15 is 0 Å². The third-order valence-electron chi connectivity index (χ3n) is 3.77. The summed E-state index contributed by atoms with van der Waals surface area (Å²) >= 11 is 0. The maximum atomic E-state index is 11.7. The van der Waals surface area contributed by atoms with Crippen molar-refractivity contribution in [3.05, 3.63) is 0 Å². The van der Waals surface area contributed by atoms with Crippen LogP contribution in [0.25, 0.3) is 0 Å². The summed E-state index contributed by atoms with van der Waals surface area (Å²) in [6, 6.07) is 0. The van der Waals surface area contributed by atoms with Crippen LogP contribution in [-0.2, 0) is 9.84 Å². The van der Waals surface area contributed by atoms with Crippen molar-refractivity contribution >= 4 is 9.84 Å². The smallest absolute Gasteiger partial charge is 0.152 e. The Kier molecular flexibility index (Phi) is 6.08. The van der Waals surface area contributed by atoms with Crippen molar-refractivity contribution in [1.29, 1.82) is 0 Å². The van der Waals surface area contributed by atoms with Gasteiger partial charge < -0.3 is 10.2 Å². The highest BCUT2D eigenvalue weighted by molar-refractivity contribution is 7.91. The molecule has 5 heteroatoms. The van der Waals surface area contributed by atoms with Crippen LogP contribution >= 0.6 is 0 Å². The highest BCUT2D eigenvalue weighted by Gasteiger charge is 2.26. The molecule has 1 aliphatic carbocycles. The van der Waals surface area contributed by atoms with Crippen LogP contribution in [0.1, 0.15) is 39.5 Å². The monoisotopic (exact) mass is 278 g/mol. The zero-order valence-corrected chi connectivity index (χ0v) is 12.2. The Labute approximate surface area is 110 Å². The van der Waals surface area contributed by atoms with Gasteiger partial charge >= 0.3 is 0 Å². The normalized spacial score (nSPS) is 31.2. The average Bonchev–Trinajstić information content (AvgIpc) is 2.24. The van der Waals surface area contributed by atoms with Gasteiger partial charge in [0.15, 0.2) is 9.84 Å². The van der Waals surface area contributed by atoms with E-state index in [9.17, 15) is 13.5 Å². The molecule has 18 heavy (non-hydrogen) atoms. The summed E-state index contributed by atoms with van der Waals surface area (Å²) in [5, 5.41) is 17.9. The zero-order chi connectivity index (χ0) is 13.8. The summed E-state index contributed by atoms with van der Waals surface area (Å²) in [5.41, 5.74) is 0. The van der Waals surface area contributed by atoms with Gasteiger partial charge in [-0.05, 0) is 43.4 Å². The molecule has 0 aliphatic heterocycles. The number of rotatable bonds is 6. The van der Waals surface area contributed by atoms with E-state index in [0.717, 1.165) is 12.8 Å². The fraction of sp³-hybridized carbons (Fsp3) is 1.00. The molecule has 0 amide bonds. The van der Waals surface area contributed by atoms with E-state index in [0.29, 0.717) is 24.2 Å². The van der Waals surface area contributed by atoms with Crippen LogP contribution in [0.2, 0.25) is 0 Å². The Balaban J connectivity index is 2.39. The summed E-state index contributed by atoms with van der Waals surface area (Å²) in [5.74, 6) is 1.67. The maximum absolute atomic E-state index is 11.7. The lowest BCUT2D eigenvalue weighted by Crippen LogP contribution is -2.28. The van der Waals surface area contributed by atoms with Crippen molar-refractivity contribution in [3.8, 4) is 0 Å². The lowest BCUT2D eigenvalue weighted by Gasteiger charge is -2.31. The molecule has 3 atom stereocenters. The Morgan fingerprint density at radius 3 is 2.22 bits per heavy atom. The highest BCUT2D eigenvalue weighted by atomic mass is 32.2. The van der Waals surface area contributed by atoms with Crippen molar-refractivity contribution in [2.24, 2.45) is 17.8 Å². The predicted octanol–water partition coefficient (Wildman–Crippen LogP) is 1.22. The standard InChI is InChI=1S/C13H26O4S/c1-10-5-11(2)7-12(6-10)3-4-18(16,17)9-13(15)8-14/h10-15H,3-9H2,1-2H3/t10-,11-,13-/m1/s1. The highest BCUT2D eigenvalue weighted by Crippen LogP contribution is 2.34. The summed E-state index contributed by atoms with van der Waals surface area (Å²) < 4.78 is 23.5. The molecule has 1 aliphatic rings. The molecule has 2 N–H and O–H groups in total. The van der Waals surface area contributed by atoms with Gasteiger partial charge in [-0.25, -0.2) is 8.42 Å². The van der Waals surface area contributed by atoms with Gasteiger partial charge in [-0.15, -0.1) is 0 Å². The summed E-state index contributed by atoms with van der Waals surface area (Å²) in [7, 11) is -3.24. The molecule has 0 aromatic rings. The van der Waals surface area contributed by atoms with Crippen LogP contribution in [0.15, 0.2) is 0 Å². The molecule has 0 radical (unpaired) electrons. The number of hydrogen-bond acceptors (Lipinski definition) is 4. The summed E-state index contributed by atoms with van der Waals surface area (Å²) in [6.07, 6.45) is 3.02. The molecule has 1 rings (SSSR count). The van der Waals surface area contributed by atoms with E-state index in [2.05, 4.69) is 13.8 Å². The van der Waals surface area contributed by atoms with E-state index in [1.54, 1.807) is 0 Å². The van der Waals surface area contributed by atoms with E-state index < -0.39 is 22.5 Å². The molecular formula is C13H26O4S. The van der Waals surface area contributed by atoms with Gasteiger partial charge in [-0.2, -0.15) is 0 Å². The molecule has 1 saturated carbocycles. The number of aliphatic hydroxyl groups is 2. The number of sulfone groups is 1. The number of aliphatic hydroxyl groups excluding tert-OH is 2. The van der Waals surface area contributed by atoms with Gasteiger partial charge in [0.25, 0.3) is 0 Å². The van der Waals surface area contributed by atoms with Gasteiger partial charge in [0, 0.05) is 0 Å². The van der Waals surface area contributed by atoms with Crippen LogP contribution in [0.5, 0.6) is 0 Å². The Bertz CT molecular complexity index is 329. The summed E-state index contributed by atoms with van der Waals surface area (Å²) in [6.45, 7) is 3.97. The van der Waals surface area contributed by atoms with Gasteiger partial charge in [0.05, 0.1) is 24.2 Å². The van der Waals surface area contributed by atoms with E-state index in [1.165, 1.54) is 6.42 Å². The molecule has 4 nitrogen and oxygen atoms in total. The van der Waals surface area contributed by atoms with Crippen LogP contribution in [0.3, 0.4) is 0 Å². The lowest BCUT2D eigenvalue weighted by molar-refractivity contribution is 0.112. The first-order valence-corrected chi connectivity index (χ1v) is 8.64. The minimum atomic E-state index is -3.24. The first-order chi connectivity index (χ1) is 8.32. The van der Waals surface area contributed by atoms with E-state index in [4.69, 9.17) is 5.11 Å². The SMILES string of the molecule is C[C@H]1CC(CCS(=O)(=O)C[C@H](O)CO)C[C@H](C)C1. The molecule has 0 bridgehead atoms. The Morgan fingerprint density at radius 2 is 1.72 bits per heavy atom. The van der Waals surface area contributed by atoms with Crippen LogP contribution in [0, 0.1) is 17.8 Å². The molecule has 0 heterocycles. The Hall–Kier alpha value is -0.130. The minimum absolute atomic E-state index is 0.133. The van der Waals surface area contributed by atoms with Crippen molar-refractivity contribution < 1.29 is 18.6 Å². The van der Waals surface area contributed by atoms with Crippen LogP contribution in [-0.4, -0.2) is 42.8 Å². The lowest BCUT2D eigenvalue weighted by atomic mass is 9.76. The molecule has 108 valence electrons. The maximum Gasteiger partial charge on any atom is 0.152 e. The topological polar surface area (TPSA) is 74.6 Å². The molecule has 0 saturated heterocycles. The Morgan fingerprint density at radius 1 is 1.17 bits per heavy atom. The second kappa shape index (κ2) is 6.87. The molecule has 0 unspecified atom stereocenters. The fourth-order valence-corrected chi connectivity index (χ4v) is 4.68. The second-order valence-corrected chi connectivity index (χ2v) is 8.25. The second-order valence-electron chi connectivity index (χ2n) is 6.02. The molecule has 0 aromatic heterocycles. The van der Waals surface area contributed by atoms with Gasteiger partial charge in [-0.3, -0.25) is 0 Å². The zero-order valence-electron chi connectivity index (χ0n) is 11.4. The third kappa shape index (κ3) is 5.67. The van der Waals surface area contributed by atoms with Crippen molar-refractivity contribution in [2.45, 2.75) is 45.6 Å². The third-order valence-corrected chi connectivity index (χ3v) is 5.52. The van der Waals surface area contributed by atoms with Gasteiger partial charge in [-0.1, -0.05) is 13.8 Å². The predicted molar refractivity (Wildman–Crippen MR) is 72.0 cm³/mol. The largest absolute Gasteiger partial charge is 0.394 e. The molecule has 1 fully saturated rings. The fourth-order valence-electron chi connectivity index (χ4n) is 3.12. The van der Waals surface area contributed by atoms with E-state index in [-0.39, 0.29) is 11.5 Å². The average molecular weight is 278 g/mol. The summed E-state index contributed by atoms with van der Waals surface area (Å²) in [4.78, 5) is 0. The molecular weight excluding hydrogens is 252 g/mol. The number of hydrogen-bond donors (Lipinski definition) is 2. The van der Waals surface area contributed by atoms with Crippen LogP contribution < -0.4 is 0 Å². The van der Waals surface area contributed by atoms with E-state index in [1.807, 2.05) is 0 Å².